The first kappa shape index (κ1) is 11.9. The molecular formula is C5H12NO4PS. The molecule has 5 N–H and O–H groups in total. The molecule has 5 nitrogen and oxygen atoms in total. The van der Waals surface area contributed by atoms with Crippen molar-refractivity contribution < 1.29 is 19.9 Å². The van der Waals surface area contributed by atoms with Crippen LogP contribution in [0.5, 0.6) is 0 Å². The summed E-state index contributed by atoms with van der Waals surface area (Å²) < 4.78 is 0. The summed E-state index contributed by atoms with van der Waals surface area (Å²) in [4.78, 5) is 21.5. The zero-order valence-corrected chi connectivity index (χ0v) is 8.09. The van der Waals surface area contributed by atoms with Crippen molar-refractivity contribution in [2.24, 2.45) is 5.73 Å². The van der Waals surface area contributed by atoms with Gasteiger partial charge in [0.2, 0.25) is 0 Å². The summed E-state index contributed by atoms with van der Waals surface area (Å²) in [7, 11) is 0. The van der Waals surface area contributed by atoms with E-state index in [2.05, 4.69) is 16.7 Å². The second kappa shape index (κ2) is 5.50. The Morgan fingerprint density at radius 1 is 1.58 bits per heavy atom. The van der Waals surface area contributed by atoms with Crippen LogP contribution < -0.4 is 5.73 Å². The van der Waals surface area contributed by atoms with Gasteiger partial charge in [-0.15, -0.1) is 0 Å². The van der Waals surface area contributed by atoms with E-state index in [4.69, 9.17) is 20.8 Å². The quantitative estimate of drug-likeness (QED) is 0.228. The van der Waals surface area contributed by atoms with Gasteiger partial charge in [-0.2, -0.15) is 0 Å². The van der Waals surface area contributed by atoms with Gasteiger partial charge in [-0.1, -0.05) is 0 Å². The van der Waals surface area contributed by atoms with E-state index >= 15 is 0 Å². The number of allylic oxidation sites excluding steroid dienone is 1. The van der Waals surface area contributed by atoms with Gasteiger partial charge in [-0.25, -0.2) is 5.26 Å². The molecule has 72 valence electrons. The van der Waals surface area contributed by atoms with Crippen molar-refractivity contribution >= 4 is 18.3 Å². The topological polar surface area (TPSA) is 95.9 Å². The Labute approximate surface area is 75.6 Å². The summed E-state index contributed by atoms with van der Waals surface area (Å²) in [6, 6.07) is 0. The maximum Gasteiger partial charge on any atom is 0.183 e. The predicted octanol–water partition coefficient (Wildman–Crippen LogP) is 0.350. The van der Waals surface area contributed by atoms with E-state index in [0.717, 1.165) is 6.20 Å². The largest absolute Gasteiger partial charge is 0.402 e. The van der Waals surface area contributed by atoms with Gasteiger partial charge in [-0.05, 0) is 18.2 Å². The van der Waals surface area contributed by atoms with Crippen molar-refractivity contribution in [3.05, 3.63) is 12.0 Å². The summed E-state index contributed by atoms with van der Waals surface area (Å²) in [6.07, 6.45) is 2.00. The number of nitrogens with two attached hydrogens (primary N) is 1. The molecule has 0 heterocycles. The highest BCUT2D eigenvalue weighted by Crippen LogP contribution is 2.36. The standard InChI is InChI=1S/C5H12NO4PS/c6-4-5(10-7)2-1-3-11(8,9)12/h4,7H,1-3,6H2,(H2,8,9,12)/b5-4+. The second-order valence-electron chi connectivity index (χ2n) is 2.22. The van der Waals surface area contributed by atoms with Crippen LogP contribution in [0.4, 0.5) is 0 Å². The lowest BCUT2D eigenvalue weighted by Crippen LogP contribution is -1.95. The van der Waals surface area contributed by atoms with Gasteiger partial charge >= 0.3 is 0 Å². The van der Waals surface area contributed by atoms with E-state index in [9.17, 15) is 0 Å². The van der Waals surface area contributed by atoms with Crippen LogP contribution in [-0.2, 0) is 16.7 Å². The second-order valence-corrected chi connectivity index (χ2v) is 5.75. The van der Waals surface area contributed by atoms with Gasteiger partial charge in [0, 0.05) is 18.8 Å². The molecule has 0 spiro atoms. The molecule has 0 saturated heterocycles. The van der Waals surface area contributed by atoms with Gasteiger partial charge in [0.1, 0.15) is 0 Å². The van der Waals surface area contributed by atoms with E-state index in [1.807, 2.05) is 0 Å². The zero-order valence-electron chi connectivity index (χ0n) is 6.38. The van der Waals surface area contributed by atoms with E-state index in [0.29, 0.717) is 12.8 Å². The Morgan fingerprint density at radius 2 is 2.17 bits per heavy atom. The highest BCUT2D eigenvalue weighted by atomic mass is 32.5. The van der Waals surface area contributed by atoms with Crippen molar-refractivity contribution in [3.8, 4) is 0 Å². The first-order valence-electron chi connectivity index (χ1n) is 3.26. The van der Waals surface area contributed by atoms with Crippen LogP contribution in [0.1, 0.15) is 12.8 Å². The zero-order chi connectivity index (χ0) is 9.61. The molecule has 0 saturated carbocycles. The molecule has 0 radical (unpaired) electrons. The first-order chi connectivity index (χ1) is 5.49. The minimum Gasteiger partial charge on any atom is -0.402 e. The van der Waals surface area contributed by atoms with Gasteiger partial charge < -0.3 is 20.4 Å². The fraction of sp³-hybridized carbons (Fsp3) is 0.600. The summed E-state index contributed by atoms with van der Waals surface area (Å²) in [5, 5.41) is 8.17. The van der Waals surface area contributed by atoms with Crippen LogP contribution in [0.15, 0.2) is 12.0 Å². The Kier molecular flexibility index (Phi) is 5.44. The maximum atomic E-state index is 8.80. The Balaban J connectivity index is 3.63. The third-order valence-electron chi connectivity index (χ3n) is 1.18. The lowest BCUT2D eigenvalue weighted by atomic mass is 10.3. The highest BCUT2D eigenvalue weighted by molar-refractivity contribution is 8.09. The van der Waals surface area contributed by atoms with Crippen molar-refractivity contribution in [1.82, 2.24) is 0 Å². The SMILES string of the molecule is N/C=C(\CCCP(O)(O)=S)OO. The summed E-state index contributed by atoms with van der Waals surface area (Å²) in [6.45, 7) is -3.11. The summed E-state index contributed by atoms with van der Waals surface area (Å²) >= 11 is 4.38. The van der Waals surface area contributed by atoms with Crippen molar-refractivity contribution in [2.75, 3.05) is 6.16 Å². The minimum atomic E-state index is -3.11. The van der Waals surface area contributed by atoms with Crippen LogP contribution in [0.25, 0.3) is 0 Å². The Morgan fingerprint density at radius 3 is 2.50 bits per heavy atom. The molecule has 7 heteroatoms. The smallest absolute Gasteiger partial charge is 0.183 e. The van der Waals surface area contributed by atoms with Gasteiger partial charge in [0.15, 0.2) is 12.3 Å². The van der Waals surface area contributed by atoms with E-state index < -0.39 is 6.49 Å². The monoisotopic (exact) mass is 213 g/mol. The van der Waals surface area contributed by atoms with Crippen molar-refractivity contribution in [3.63, 3.8) is 0 Å². The molecule has 0 aromatic rings. The van der Waals surface area contributed by atoms with E-state index in [1.165, 1.54) is 0 Å². The lowest BCUT2D eigenvalue weighted by molar-refractivity contribution is -0.205. The molecule has 0 rings (SSSR count). The van der Waals surface area contributed by atoms with Gasteiger partial charge in [0.25, 0.3) is 0 Å². The molecular weight excluding hydrogens is 201 g/mol. The first-order valence-corrected chi connectivity index (χ1v) is 6.15. The molecule has 0 aliphatic heterocycles. The van der Waals surface area contributed by atoms with Crippen LogP contribution in [0.3, 0.4) is 0 Å². The minimum absolute atomic E-state index is 0.128. The maximum absolute atomic E-state index is 8.80. The Hall–Kier alpha value is -0.130. The molecule has 0 aromatic heterocycles. The van der Waals surface area contributed by atoms with Gasteiger partial charge in [-0.3, -0.25) is 0 Å². The van der Waals surface area contributed by atoms with E-state index in [-0.39, 0.29) is 11.9 Å². The normalized spacial score (nSPS) is 13.1. The fourth-order valence-corrected chi connectivity index (χ4v) is 1.58. The Bertz CT molecular complexity index is 202. The van der Waals surface area contributed by atoms with Crippen molar-refractivity contribution in [2.45, 2.75) is 12.8 Å². The molecule has 0 fully saturated rings. The highest BCUT2D eigenvalue weighted by Gasteiger charge is 2.07. The average molecular weight is 213 g/mol. The van der Waals surface area contributed by atoms with Crippen LogP contribution in [0.2, 0.25) is 0 Å². The summed E-state index contributed by atoms with van der Waals surface area (Å²) in [5.41, 5.74) is 5.04. The van der Waals surface area contributed by atoms with Crippen LogP contribution in [-0.4, -0.2) is 21.2 Å². The van der Waals surface area contributed by atoms with Crippen LogP contribution in [0, 0.1) is 0 Å². The van der Waals surface area contributed by atoms with Crippen molar-refractivity contribution in [1.29, 1.82) is 0 Å². The number of hydrogen-bond acceptors (Lipinski definition) is 4. The molecule has 0 aliphatic rings. The number of hydrogen-bond donors (Lipinski definition) is 4. The molecule has 0 bridgehead atoms. The fourth-order valence-electron chi connectivity index (χ4n) is 0.619. The molecule has 0 aliphatic carbocycles. The predicted molar refractivity (Wildman–Crippen MR) is 48.8 cm³/mol. The molecule has 0 amide bonds. The van der Waals surface area contributed by atoms with E-state index in [1.54, 1.807) is 0 Å². The molecule has 0 unspecified atom stereocenters. The third kappa shape index (κ3) is 6.57. The lowest BCUT2D eigenvalue weighted by Gasteiger charge is -2.06. The summed E-state index contributed by atoms with van der Waals surface area (Å²) in [5.74, 6) is 0.193. The van der Waals surface area contributed by atoms with Gasteiger partial charge in [0.05, 0.1) is 0 Å². The molecule has 0 atom stereocenters. The third-order valence-corrected chi connectivity index (χ3v) is 2.62. The average Bonchev–Trinajstić information content (AvgIpc) is 1.96. The van der Waals surface area contributed by atoms with Crippen LogP contribution >= 0.6 is 6.49 Å². The molecule has 12 heavy (non-hydrogen) atoms. The molecule has 0 aromatic carbocycles. The number of rotatable bonds is 5.